The average molecular weight is 273 g/mol. The summed E-state index contributed by atoms with van der Waals surface area (Å²) < 4.78 is 7.38. The molecular formula is C14H19N5O. The summed E-state index contributed by atoms with van der Waals surface area (Å²) in [5.74, 6) is 1.49. The van der Waals surface area contributed by atoms with Gasteiger partial charge in [0.2, 0.25) is 0 Å². The topological polar surface area (TPSA) is 78.8 Å². The summed E-state index contributed by atoms with van der Waals surface area (Å²) in [6.07, 6.45) is 2.46. The van der Waals surface area contributed by atoms with Crippen LogP contribution in [0, 0.1) is 5.41 Å². The van der Waals surface area contributed by atoms with E-state index in [2.05, 4.69) is 22.4 Å². The van der Waals surface area contributed by atoms with Crippen LogP contribution in [0.5, 0.6) is 5.75 Å². The molecule has 106 valence electrons. The van der Waals surface area contributed by atoms with Gasteiger partial charge in [-0.2, -0.15) is 0 Å². The maximum Gasteiger partial charge on any atom is 0.182 e. The van der Waals surface area contributed by atoms with E-state index in [1.165, 1.54) is 12.8 Å². The molecule has 2 aromatic rings. The predicted octanol–water partition coefficient (Wildman–Crippen LogP) is 2.12. The van der Waals surface area contributed by atoms with Crippen molar-refractivity contribution < 1.29 is 4.74 Å². The molecule has 1 aromatic heterocycles. The van der Waals surface area contributed by atoms with Gasteiger partial charge in [-0.3, -0.25) is 0 Å². The van der Waals surface area contributed by atoms with Gasteiger partial charge >= 0.3 is 0 Å². The normalized spacial score (nSPS) is 16.1. The standard InChI is InChI=1S/C14H19N5O/c1-3-20-12-7-10(6-11(15)8-12)13-16-17-18-19(13)9-14(2)4-5-14/h6-8H,3-5,9,15H2,1-2H3. The zero-order valence-electron chi connectivity index (χ0n) is 11.8. The third kappa shape index (κ3) is 2.59. The number of rotatable bonds is 5. The third-order valence-electron chi connectivity index (χ3n) is 3.66. The molecule has 2 N–H and O–H groups in total. The molecule has 1 aliphatic rings. The Morgan fingerprint density at radius 2 is 2.15 bits per heavy atom. The number of tetrazole rings is 1. The van der Waals surface area contributed by atoms with Crippen LogP contribution in [0.25, 0.3) is 11.4 Å². The van der Waals surface area contributed by atoms with Crippen LogP contribution >= 0.6 is 0 Å². The number of ether oxygens (including phenoxy) is 1. The van der Waals surface area contributed by atoms with Crippen LogP contribution in [0.1, 0.15) is 26.7 Å². The highest BCUT2D eigenvalue weighted by atomic mass is 16.5. The van der Waals surface area contributed by atoms with E-state index in [0.717, 1.165) is 23.7 Å². The van der Waals surface area contributed by atoms with E-state index >= 15 is 0 Å². The van der Waals surface area contributed by atoms with Crippen molar-refractivity contribution in [2.75, 3.05) is 12.3 Å². The van der Waals surface area contributed by atoms with Gasteiger partial charge in [0, 0.05) is 17.3 Å². The van der Waals surface area contributed by atoms with Crippen LogP contribution in [0.2, 0.25) is 0 Å². The minimum absolute atomic E-state index is 0.340. The van der Waals surface area contributed by atoms with Crippen molar-refractivity contribution >= 4 is 5.69 Å². The maximum absolute atomic E-state index is 5.93. The Morgan fingerprint density at radius 1 is 1.35 bits per heavy atom. The van der Waals surface area contributed by atoms with E-state index in [9.17, 15) is 0 Å². The largest absolute Gasteiger partial charge is 0.494 e. The summed E-state index contributed by atoms with van der Waals surface area (Å²) in [5.41, 5.74) is 7.81. The van der Waals surface area contributed by atoms with Crippen molar-refractivity contribution in [1.82, 2.24) is 20.2 Å². The number of benzene rings is 1. The van der Waals surface area contributed by atoms with Crippen LogP contribution in [-0.4, -0.2) is 26.8 Å². The number of aromatic nitrogens is 4. The second-order valence-corrected chi connectivity index (χ2v) is 5.69. The van der Waals surface area contributed by atoms with Gasteiger partial charge in [0.15, 0.2) is 5.82 Å². The summed E-state index contributed by atoms with van der Waals surface area (Å²) in [7, 11) is 0. The zero-order valence-corrected chi connectivity index (χ0v) is 11.8. The number of nitrogen functional groups attached to an aromatic ring is 1. The van der Waals surface area contributed by atoms with Gasteiger partial charge in [-0.05, 0) is 47.7 Å². The van der Waals surface area contributed by atoms with E-state index in [1.807, 2.05) is 29.8 Å². The molecule has 0 atom stereocenters. The Balaban J connectivity index is 1.94. The van der Waals surface area contributed by atoms with Crippen LogP contribution in [0.3, 0.4) is 0 Å². The Bertz CT molecular complexity index is 618. The van der Waals surface area contributed by atoms with Crippen LogP contribution in [0.15, 0.2) is 18.2 Å². The second kappa shape index (κ2) is 4.77. The van der Waals surface area contributed by atoms with Crippen LogP contribution in [-0.2, 0) is 6.54 Å². The molecule has 6 heteroatoms. The van der Waals surface area contributed by atoms with Gasteiger partial charge < -0.3 is 10.5 Å². The highest BCUT2D eigenvalue weighted by molar-refractivity contribution is 5.64. The molecule has 20 heavy (non-hydrogen) atoms. The number of hydrogen-bond acceptors (Lipinski definition) is 5. The summed E-state index contributed by atoms with van der Waals surface area (Å²) >= 11 is 0. The van der Waals surface area contributed by atoms with E-state index in [4.69, 9.17) is 10.5 Å². The summed E-state index contributed by atoms with van der Waals surface area (Å²) in [6, 6.07) is 5.61. The first kappa shape index (κ1) is 12.9. The third-order valence-corrected chi connectivity index (χ3v) is 3.66. The highest BCUT2D eigenvalue weighted by Crippen LogP contribution is 2.46. The highest BCUT2D eigenvalue weighted by Gasteiger charge is 2.38. The fraction of sp³-hybridized carbons (Fsp3) is 0.500. The lowest BCUT2D eigenvalue weighted by molar-refractivity contribution is 0.340. The van der Waals surface area contributed by atoms with Crippen molar-refractivity contribution in [2.45, 2.75) is 33.2 Å². The monoisotopic (exact) mass is 273 g/mol. The molecule has 0 radical (unpaired) electrons. The first-order valence-corrected chi connectivity index (χ1v) is 6.89. The van der Waals surface area contributed by atoms with Gasteiger partial charge in [-0.25, -0.2) is 4.68 Å². The fourth-order valence-electron chi connectivity index (χ4n) is 2.25. The van der Waals surface area contributed by atoms with Crippen LogP contribution < -0.4 is 10.5 Å². The zero-order chi connectivity index (χ0) is 14.2. The lowest BCUT2D eigenvalue weighted by atomic mass is 10.1. The summed E-state index contributed by atoms with van der Waals surface area (Å²) in [4.78, 5) is 0. The SMILES string of the molecule is CCOc1cc(N)cc(-c2nnnn2CC2(C)CC2)c1. The van der Waals surface area contributed by atoms with E-state index in [1.54, 1.807) is 0 Å². The average Bonchev–Trinajstić information content (AvgIpc) is 2.94. The van der Waals surface area contributed by atoms with Gasteiger partial charge in [-0.15, -0.1) is 5.10 Å². The molecule has 0 bridgehead atoms. The molecule has 0 aliphatic heterocycles. The minimum atomic E-state index is 0.340. The number of anilines is 1. The van der Waals surface area contributed by atoms with Crippen molar-refractivity contribution in [2.24, 2.45) is 5.41 Å². The summed E-state index contributed by atoms with van der Waals surface area (Å²) in [6.45, 7) is 5.64. The van der Waals surface area contributed by atoms with Gasteiger partial charge in [0.25, 0.3) is 0 Å². The van der Waals surface area contributed by atoms with Gasteiger partial charge in [0.05, 0.1) is 13.2 Å². The molecule has 1 saturated carbocycles. The van der Waals surface area contributed by atoms with Gasteiger partial charge in [-0.1, -0.05) is 6.92 Å². The molecule has 0 unspecified atom stereocenters. The molecule has 1 heterocycles. The molecule has 0 saturated heterocycles. The van der Waals surface area contributed by atoms with Crippen molar-refractivity contribution in [3.05, 3.63) is 18.2 Å². The van der Waals surface area contributed by atoms with Gasteiger partial charge in [0.1, 0.15) is 5.75 Å². The quantitative estimate of drug-likeness (QED) is 0.844. The molecule has 3 rings (SSSR count). The smallest absolute Gasteiger partial charge is 0.182 e. The predicted molar refractivity (Wildman–Crippen MR) is 76.2 cm³/mol. The van der Waals surface area contributed by atoms with Crippen LogP contribution in [0.4, 0.5) is 5.69 Å². The molecule has 0 spiro atoms. The van der Waals surface area contributed by atoms with E-state index in [0.29, 0.717) is 17.7 Å². The molecular weight excluding hydrogens is 254 g/mol. The Morgan fingerprint density at radius 3 is 2.85 bits per heavy atom. The second-order valence-electron chi connectivity index (χ2n) is 5.69. The Labute approximate surface area is 117 Å². The first-order valence-electron chi connectivity index (χ1n) is 6.89. The Kier molecular flexibility index (Phi) is 3.08. The van der Waals surface area contributed by atoms with E-state index in [-0.39, 0.29) is 0 Å². The number of hydrogen-bond donors (Lipinski definition) is 1. The minimum Gasteiger partial charge on any atom is -0.494 e. The molecule has 6 nitrogen and oxygen atoms in total. The Hall–Kier alpha value is -2.11. The maximum atomic E-state index is 5.93. The molecule has 0 amide bonds. The van der Waals surface area contributed by atoms with Crippen molar-refractivity contribution in [3.8, 4) is 17.1 Å². The molecule has 1 aromatic carbocycles. The summed E-state index contributed by atoms with van der Waals surface area (Å²) in [5, 5.41) is 12.0. The number of nitrogens with zero attached hydrogens (tertiary/aromatic N) is 4. The van der Waals surface area contributed by atoms with Crippen molar-refractivity contribution in [1.29, 1.82) is 0 Å². The molecule has 1 fully saturated rings. The fourth-order valence-corrected chi connectivity index (χ4v) is 2.25. The molecule has 1 aliphatic carbocycles. The lowest BCUT2D eigenvalue weighted by Gasteiger charge is -2.11. The lowest BCUT2D eigenvalue weighted by Crippen LogP contribution is -2.11. The first-order chi connectivity index (χ1) is 9.59. The van der Waals surface area contributed by atoms with E-state index < -0.39 is 0 Å². The number of nitrogens with two attached hydrogens (primary N) is 1. The van der Waals surface area contributed by atoms with Crippen molar-refractivity contribution in [3.63, 3.8) is 0 Å².